The third kappa shape index (κ3) is 3.55. The Balaban J connectivity index is 2.00. The maximum atomic E-state index is 14.1. The molecule has 3 rings (SSSR count). The number of aryl methyl sites for hydroxylation is 1. The number of nitrogens with zero attached hydrogens (tertiary/aromatic N) is 1. The van der Waals surface area contributed by atoms with Crippen LogP contribution in [0.3, 0.4) is 0 Å². The minimum atomic E-state index is -4.83. The minimum Gasteiger partial charge on any atom is -0.449 e. The van der Waals surface area contributed by atoms with Crippen molar-refractivity contribution in [3.05, 3.63) is 53.1 Å². The molecular formula is C18H16F5NO. The average molecular weight is 357 g/mol. The molecule has 0 amide bonds. The zero-order chi connectivity index (χ0) is 18.2. The monoisotopic (exact) mass is 357 g/mol. The highest BCUT2D eigenvalue weighted by Crippen LogP contribution is 2.40. The molecule has 25 heavy (non-hydrogen) atoms. The van der Waals surface area contributed by atoms with E-state index in [0.29, 0.717) is 5.69 Å². The van der Waals surface area contributed by atoms with Gasteiger partial charge in [0.15, 0.2) is 23.1 Å². The number of hydrogen-bond acceptors (Lipinski definition) is 2. The number of hydrogen-bond donors (Lipinski definition) is 0. The fraction of sp³-hybridized carbons (Fsp3) is 0.333. The van der Waals surface area contributed by atoms with Crippen LogP contribution in [0.5, 0.6) is 11.5 Å². The van der Waals surface area contributed by atoms with Crippen LogP contribution >= 0.6 is 0 Å². The molecule has 0 radical (unpaired) electrons. The molecule has 0 saturated carbocycles. The normalized spacial score (nSPS) is 14.9. The Morgan fingerprint density at radius 1 is 1.00 bits per heavy atom. The quantitative estimate of drug-likeness (QED) is 0.655. The molecule has 1 heterocycles. The summed E-state index contributed by atoms with van der Waals surface area (Å²) in [6.07, 6.45) is -2.84. The number of para-hydroxylation sites is 1. The fourth-order valence-electron chi connectivity index (χ4n) is 2.99. The van der Waals surface area contributed by atoms with Gasteiger partial charge in [0.2, 0.25) is 0 Å². The van der Waals surface area contributed by atoms with Crippen LogP contribution in [0.4, 0.5) is 27.6 Å². The van der Waals surface area contributed by atoms with Gasteiger partial charge in [-0.15, -0.1) is 0 Å². The second-order valence-electron chi connectivity index (χ2n) is 5.98. The molecule has 0 aliphatic carbocycles. The molecule has 1 aliphatic rings. The van der Waals surface area contributed by atoms with Gasteiger partial charge in [0.25, 0.3) is 0 Å². The number of anilines is 1. The number of rotatable bonds is 3. The standard InChI is InChI=1S/C18H16F5NO/c1-11-5-4-6-15(16(11)24-7-2-3-8-24)25-17-13(19)9-12(10-14(17)20)18(21,22)23/h4-6,9-10H,2-3,7-8H2,1H3. The van der Waals surface area contributed by atoms with Gasteiger partial charge in [-0.1, -0.05) is 12.1 Å². The Hall–Kier alpha value is -2.31. The Morgan fingerprint density at radius 3 is 2.16 bits per heavy atom. The molecule has 134 valence electrons. The summed E-state index contributed by atoms with van der Waals surface area (Å²) < 4.78 is 71.4. The summed E-state index contributed by atoms with van der Waals surface area (Å²) in [5.41, 5.74) is 0.185. The van der Waals surface area contributed by atoms with Crippen molar-refractivity contribution in [3.8, 4) is 11.5 Å². The molecule has 1 fully saturated rings. The smallest absolute Gasteiger partial charge is 0.416 e. The minimum absolute atomic E-state index is 0.222. The number of ether oxygens (including phenoxy) is 1. The van der Waals surface area contributed by atoms with Gasteiger partial charge in [-0.3, -0.25) is 0 Å². The van der Waals surface area contributed by atoms with Crippen molar-refractivity contribution < 1.29 is 26.7 Å². The molecule has 0 aromatic heterocycles. The van der Waals surface area contributed by atoms with Crippen LogP contribution in [0.1, 0.15) is 24.0 Å². The Kier molecular flexibility index (Phi) is 4.58. The summed E-state index contributed by atoms with van der Waals surface area (Å²) in [5.74, 6) is -3.39. The van der Waals surface area contributed by atoms with E-state index in [2.05, 4.69) is 0 Å². The van der Waals surface area contributed by atoms with Gasteiger partial charge in [0.05, 0.1) is 11.3 Å². The van der Waals surface area contributed by atoms with Crippen molar-refractivity contribution in [2.24, 2.45) is 0 Å². The van der Waals surface area contributed by atoms with Crippen LogP contribution in [0.25, 0.3) is 0 Å². The molecule has 7 heteroatoms. The van der Waals surface area contributed by atoms with Gasteiger partial charge in [0.1, 0.15) is 0 Å². The van der Waals surface area contributed by atoms with E-state index in [0.717, 1.165) is 31.5 Å². The van der Waals surface area contributed by atoms with Gasteiger partial charge >= 0.3 is 6.18 Å². The summed E-state index contributed by atoms with van der Waals surface area (Å²) in [7, 11) is 0. The first kappa shape index (κ1) is 17.5. The Bertz CT molecular complexity index is 759. The fourth-order valence-corrected chi connectivity index (χ4v) is 2.99. The second kappa shape index (κ2) is 6.54. The first-order chi connectivity index (χ1) is 11.8. The van der Waals surface area contributed by atoms with Gasteiger partial charge in [-0.25, -0.2) is 8.78 Å². The Morgan fingerprint density at radius 2 is 1.60 bits per heavy atom. The van der Waals surface area contributed by atoms with Crippen LogP contribution in [0.15, 0.2) is 30.3 Å². The summed E-state index contributed by atoms with van der Waals surface area (Å²) >= 11 is 0. The van der Waals surface area contributed by atoms with Crippen molar-refractivity contribution in [2.45, 2.75) is 25.9 Å². The molecule has 2 aromatic rings. The highest BCUT2D eigenvalue weighted by Gasteiger charge is 2.33. The van der Waals surface area contributed by atoms with Crippen molar-refractivity contribution in [3.63, 3.8) is 0 Å². The number of benzene rings is 2. The molecule has 1 saturated heterocycles. The summed E-state index contributed by atoms with van der Waals surface area (Å²) in [6.45, 7) is 3.43. The summed E-state index contributed by atoms with van der Waals surface area (Å²) in [4.78, 5) is 2.05. The van der Waals surface area contributed by atoms with E-state index in [1.807, 2.05) is 17.9 Å². The third-order valence-corrected chi connectivity index (χ3v) is 4.16. The lowest BCUT2D eigenvalue weighted by Crippen LogP contribution is -2.19. The number of halogens is 5. The van der Waals surface area contributed by atoms with Gasteiger partial charge < -0.3 is 9.64 Å². The molecule has 0 bridgehead atoms. The molecule has 0 atom stereocenters. The molecule has 0 spiro atoms. The first-order valence-corrected chi connectivity index (χ1v) is 7.86. The molecule has 2 aromatic carbocycles. The SMILES string of the molecule is Cc1cccc(Oc2c(F)cc(C(F)(F)F)cc2F)c1N1CCCC1. The maximum absolute atomic E-state index is 14.1. The molecular weight excluding hydrogens is 341 g/mol. The lowest BCUT2D eigenvalue weighted by atomic mass is 10.1. The van der Waals surface area contributed by atoms with E-state index < -0.39 is 29.1 Å². The zero-order valence-corrected chi connectivity index (χ0v) is 13.5. The van der Waals surface area contributed by atoms with Gasteiger partial charge in [-0.05, 0) is 43.5 Å². The lowest BCUT2D eigenvalue weighted by molar-refractivity contribution is -0.138. The second-order valence-corrected chi connectivity index (χ2v) is 5.98. The number of alkyl halides is 3. The van der Waals surface area contributed by atoms with E-state index in [1.165, 1.54) is 0 Å². The van der Waals surface area contributed by atoms with Crippen molar-refractivity contribution >= 4 is 5.69 Å². The van der Waals surface area contributed by atoms with Crippen molar-refractivity contribution in [1.82, 2.24) is 0 Å². The Labute approximate surface area is 141 Å². The van der Waals surface area contributed by atoms with Crippen molar-refractivity contribution in [1.29, 1.82) is 0 Å². The zero-order valence-electron chi connectivity index (χ0n) is 13.5. The van der Waals surface area contributed by atoms with Crippen LogP contribution < -0.4 is 9.64 Å². The molecule has 1 aliphatic heterocycles. The van der Waals surface area contributed by atoms with E-state index in [1.54, 1.807) is 12.1 Å². The molecule has 0 N–H and O–H groups in total. The predicted molar refractivity (Wildman–Crippen MR) is 84.1 cm³/mol. The van der Waals surface area contributed by atoms with E-state index in [9.17, 15) is 22.0 Å². The lowest BCUT2D eigenvalue weighted by Gasteiger charge is -2.23. The highest BCUT2D eigenvalue weighted by atomic mass is 19.4. The first-order valence-electron chi connectivity index (χ1n) is 7.86. The predicted octanol–water partition coefficient (Wildman–Crippen LogP) is 5.68. The third-order valence-electron chi connectivity index (χ3n) is 4.16. The van der Waals surface area contributed by atoms with Gasteiger partial charge in [0, 0.05) is 13.1 Å². The van der Waals surface area contributed by atoms with Crippen LogP contribution in [0.2, 0.25) is 0 Å². The average Bonchev–Trinajstić information content (AvgIpc) is 3.03. The van der Waals surface area contributed by atoms with Crippen LogP contribution in [-0.2, 0) is 6.18 Å². The van der Waals surface area contributed by atoms with Crippen molar-refractivity contribution in [2.75, 3.05) is 18.0 Å². The molecule has 0 unspecified atom stereocenters. The van der Waals surface area contributed by atoms with E-state index in [4.69, 9.17) is 4.74 Å². The van der Waals surface area contributed by atoms with E-state index in [-0.39, 0.29) is 17.9 Å². The highest BCUT2D eigenvalue weighted by molar-refractivity contribution is 5.65. The molecule has 2 nitrogen and oxygen atoms in total. The van der Waals surface area contributed by atoms with E-state index >= 15 is 0 Å². The maximum Gasteiger partial charge on any atom is 0.416 e. The van der Waals surface area contributed by atoms with Crippen LogP contribution in [0, 0.1) is 18.6 Å². The summed E-state index contributed by atoms with van der Waals surface area (Å²) in [5, 5.41) is 0. The topological polar surface area (TPSA) is 12.5 Å². The summed E-state index contributed by atoms with van der Waals surface area (Å²) in [6, 6.07) is 5.55. The van der Waals surface area contributed by atoms with Gasteiger partial charge in [-0.2, -0.15) is 13.2 Å². The van der Waals surface area contributed by atoms with Crippen LogP contribution in [-0.4, -0.2) is 13.1 Å². The largest absolute Gasteiger partial charge is 0.449 e.